The second kappa shape index (κ2) is 8.64. The Balaban J connectivity index is 3.56. The van der Waals surface area contributed by atoms with Crippen molar-refractivity contribution in [2.24, 2.45) is 0 Å². The monoisotopic (exact) mass is 218 g/mol. The SMILES string of the molecule is CCC(CC)NC(=O)CNCC(O)CO. The molecule has 0 aromatic carbocycles. The van der Waals surface area contributed by atoms with E-state index >= 15 is 0 Å². The smallest absolute Gasteiger partial charge is 0.234 e. The quantitative estimate of drug-likeness (QED) is 0.431. The molecule has 0 bridgehead atoms. The van der Waals surface area contributed by atoms with Crippen LogP contribution in [0.25, 0.3) is 0 Å². The van der Waals surface area contributed by atoms with E-state index in [-0.39, 0.29) is 31.6 Å². The van der Waals surface area contributed by atoms with Gasteiger partial charge in [0.05, 0.1) is 19.3 Å². The highest BCUT2D eigenvalue weighted by atomic mass is 16.3. The summed E-state index contributed by atoms with van der Waals surface area (Å²) in [5.41, 5.74) is 0. The molecular formula is C10H22N2O3. The van der Waals surface area contributed by atoms with Gasteiger partial charge < -0.3 is 20.8 Å². The van der Waals surface area contributed by atoms with Gasteiger partial charge in [0.1, 0.15) is 0 Å². The molecular weight excluding hydrogens is 196 g/mol. The van der Waals surface area contributed by atoms with Gasteiger partial charge in [0.2, 0.25) is 5.91 Å². The molecule has 0 aliphatic carbocycles. The molecule has 1 amide bonds. The molecule has 0 spiro atoms. The van der Waals surface area contributed by atoms with E-state index in [1.165, 1.54) is 0 Å². The summed E-state index contributed by atoms with van der Waals surface area (Å²) in [5, 5.41) is 23.2. The average molecular weight is 218 g/mol. The molecule has 0 aliphatic heterocycles. The van der Waals surface area contributed by atoms with Gasteiger partial charge >= 0.3 is 0 Å². The predicted octanol–water partition coefficient (Wildman–Crippen LogP) is -0.766. The lowest BCUT2D eigenvalue weighted by Gasteiger charge is -2.15. The van der Waals surface area contributed by atoms with E-state index in [1.54, 1.807) is 0 Å². The summed E-state index contributed by atoms with van der Waals surface area (Å²) in [7, 11) is 0. The first kappa shape index (κ1) is 14.3. The van der Waals surface area contributed by atoms with Gasteiger partial charge in [-0.3, -0.25) is 4.79 Å². The van der Waals surface area contributed by atoms with E-state index in [0.717, 1.165) is 12.8 Å². The molecule has 0 aromatic rings. The molecule has 0 heterocycles. The van der Waals surface area contributed by atoms with Crippen LogP contribution < -0.4 is 10.6 Å². The summed E-state index contributed by atoms with van der Waals surface area (Å²) in [6.07, 6.45) is 1.04. The van der Waals surface area contributed by atoms with Crippen LogP contribution in [0.4, 0.5) is 0 Å². The van der Waals surface area contributed by atoms with Gasteiger partial charge in [-0.25, -0.2) is 0 Å². The van der Waals surface area contributed by atoms with Gasteiger partial charge in [-0.05, 0) is 12.8 Å². The molecule has 0 aliphatic rings. The molecule has 0 radical (unpaired) electrons. The number of hydrogen-bond acceptors (Lipinski definition) is 4. The maximum absolute atomic E-state index is 11.3. The van der Waals surface area contributed by atoms with Crippen molar-refractivity contribution in [3.8, 4) is 0 Å². The van der Waals surface area contributed by atoms with E-state index in [4.69, 9.17) is 10.2 Å². The number of aliphatic hydroxyl groups excluding tert-OH is 2. The van der Waals surface area contributed by atoms with Gasteiger partial charge in [0.25, 0.3) is 0 Å². The van der Waals surface area contributed by atoms with Crippen LogP contribution in [-0.2, 0) is 4.79 Å². The second-order valence-corrected chi connectivity index (χ2v) is 3.55. The summed E-state index contributed by atoms with van der Waals surface area (Å²) >= 11 is 0. The zero-order valence-electron chi connectivity index (χ0n) is 9.49. The Labute approximate surface area is 90.9 Å². The number of carbonyl (C=O) groups excluding carboxylic acids is 1. The number of nitrogens with one attached hydrogen (secondary N) is 2. The van der Waals surface area contributed by atoms with Crippen LogP contribution in [0.1, 0.15) is 26.7 Å². The van der Waals surface area contributed by atoms with E-state index in [9.17, 15) is 4.79 Å². The van der Waals surface area contributed by atoms with Crippen LogP contribution in [-0.4, -0.2) is 48.0 Å². The van der Waals surface area contributed by atoms with Crippen LogP contribution >= 0.6 is 0 Å². The molecule has 90 valence electrons. The maximum atomic E-state index is 11.3. The maximum Gasteiger partial charge on any atom is 0.234 e. The fraction of sp³-hybridized carbons (Fsp3) is 0.900. The summed E-state index contributed by atoms with van der Waals surface area (Å²) in [6, 6.07) is 0.224. The van der Waals surface area contributed by atoms with Crippen molar-refractivity contribution in [2.45, 2.75) is 38.8 Å². The van der Waals surface area contributed by atoms with Crippen molar-refractivity contribution in [1.29, 1.82) is 0 Å². The summed E-state index contributed by atoms with van der Waals surface area (Å²) < 4.78 is 0. The van der Waals surface area contributed by atoms with Crippen molar-refractivity contribution < 1.29 is 15.0 Å². The molecule has 1 unspecified atom stereocenters. The highest BCUT2D eigenvalue weighted by Crippen LogP contribution is 1.94. The Bertz CT molecular complexity index is 172. The molecule has 0 rings (SSSR count). The predicted molar refractivity (Wildman–Crippen MR) is 58.5 cm³/mol. The molecule has 5 nitrogen and oxygen atoms in total. The lowest BCUT2D eigenvalue weighted by Crippen LogP contribution is -2.42. The van der Waals surface area contributed by atoms with E-state index in [0.29, 0.717) is 0 Å². The van der Waals surface area contributed by atoms with Gasteiger partial charge in [0, 0.05) is 12.6 Å². The second-order valence-electron chi connectivity index (χ2n) is 3.55. The Kier molecular flexibility index (Phi) is 8.27. The fourth-order valence-corrected chi connectivity index (χ4v) is 1.19. The lowest BCUT2D eigenvalue weighted by molar-refractivity contribution is -0.121. The molecule has 0 fully saturated rings. The van der Waals surface area contributed by atoms with Crippen LogP contribution in [0.5, 0.6) is 0 Å². The van der Waals surface area contributed by atoms with Crippen LogP contribution in [0.3, 0.4) is 0 Å². The lowest BCUT2D eigenvalue weighted by atomic mass is 10.2. The average Bonchev–Trinajstić information content (AvgIpc) is 2.25. The van der Waals surface area contributed by atoms with Crippen LogP contribution in [0.2, 0.25) is 0 Å². The molecule has 0 saturated heterocycles. The Morgan fingerprint density at radius 1 is 1.33 bits per heavy atom. The van der Waals surface area contributed by atoms with Crippen molar-refractivity contribution >= 4 is 5.91 Å². The largest absolute Gasteiger partial charge is 0.394 e. The van der Waals surface area contributed by atoms with Crippen molar-refractivity contribution in [3.05, 3.63) is 0 Å². The third-order valence-electron chi connectivity index (χ3n) is 2.23. The van der Waals surface area contributed by atoms with Crippen LogP contribution in [0.15, 0.2) is 0 Å². The standard InChI is InChI=1S/C10H22N2O3/c1-3-8(4-2)12-10(15)6-11-5-9(14)7-13/h8-9,11,13-14H,3-7H2,1-2H3,(H,12,15). The summed E-state index contributed by atoms with van der Waals surface area (Å²) in [5.74, 6) is -0.0751. The molecule has 5 heteroatoms. The van der Waals surface area contributed by atoms with Gasteiger partial charge in [-0.1, -0.05) is 13.8 Å². The first-order chi connectivity index (χ1) is 7.13. The number of rotatable bonds is 8. The minimum absolute atomic E-state index is 0.0751. The molecule has 0 saturated carbocycles. The third-order valence-corrected chi connectivity index (χ3v) is 2.23. The normalized spacial score (nSPS) is 12.9. The van der Waals surface area contributed by atoms with E-state index < -0.39 is 6.10 Å². The zero-order valence-corrected chi connectivity index (χ0v) is 9.49. The van der Waals surface area contributed by atoms with Crippen LogP contribution in [0, 0.1) is 0 Å². The Morgan fingerprint density at radius 2 is 1.93 bits per heavy atom. The van der Waals surface area contributed by atoms with Gasteiger partial charge in [0.15, 0.2) is 0 Å². The number of carbonyl (C=O) groups is 1. The van der Waals surface area contributed by atoms with Gasteiger partial charge in [-0.15, -0.1) is 0 Å². The molecule has 15 heavy (non-hydrogen) atoms. The van der Waals surface area contributed by atoms with Crippen molar-refractivity contribution in [2.75, 3.05) is 19.7 Å². The highest BCUT2D eigenvalue weighted by molar-refractivity contribution is 5.78. The number of amides is 1. The minimum Gasteiger partial charge on any atom is -0.394 e. The van der Waals surface area contributed by atoms with Crippen molar-refractivity contribution in [3.63, 3.8) is 0 Å². The minimum atomic E-state index is -0.800. The Morgan fingerprint density at radius 3 is 2.40 bits per heavy atom. The zero-order chi connectivity index (χ0) is 11.7. The van der Waals surface area contributed by atoms with E-state index in [1.807, 2.05) is 13.8 Å². The first-order valence-corrected chi connectivity index (χ1v) is 5.43. The molecule has 1 atom stereocenters. The summed E-state index contributed by atoms with van der Waals surface area (Å²) in [4.78, 5) is 11.3. The molecule has 0 aromatic heterocycles. The Hall–Kier alpha value is -0.650. The topological polar surface area (TPSA) is 81.6 Å². The number of hydrogen-bond donors (Lipinski definition) is 4. The van der Waals surface area contributed by atoms with Crippen molar-refractivity contribution in [1.82, 2.24) is 10.6 Å². The molecule has 4 N–H and O–H groups in total. The highest BCUT2D eigenvalue weighted by Gasteiger charge is 2.08. The fourth-order valence-electron chi connectivity index (χ4n) is 1.19. The number of aliphatic hydroxyl groups is 2. The summed E-state index contributed by atoms with van der Waals surface area (Å²) in [6.45, 7) is 4.16. The van der Waals surface area contributed by atoms with Gasteiger partial charge in [-0.2, -0.15) is 0 Å². The third kappa shape index (κ3) is 7.30. The van der Waals surface area contributed by atoms with E-state index in [2.05, 4.69) is 10.6 Å². The first-order valence-electron chi connectivity index (χ1n) is 5.43.